The van der Waals surface area contributed by atoms with E-state index in [0.717, 1.165) is 35.7 Å². The van der Waals surface area contributed by atoms with Crippen molar-refractivity contribution in [2.75, 3.05) is 18.5 Å². The molecule has 4 heteroatoms. The Morgan fingerprint density at radius 2 is 1.79 bits per heavy atom. The summed E-state index contributed by atoms with van der Waals surface area (Å²) in [6.45, 7) is 5.00. The molecule has 2 aromatic rings. The second-order valence-corrected chi connectivity index (χ2v) is 6.19. The topological polar surface area (TPSA) is 38.3 Å². The van der Waals surface area contributed by atoms with Crippen molar-refractivity contribution >= 4 is 23.3 Å². The molecule has 0 aromatic heterocycles. The quantitative estimate of drug-likeness (QED) is 0.537. The van der Waals surface area contributed by atoms with E-state index in [9.17, 15) is 4.79 Å². The van der Waals surface area contributed by atoms with Gasteiger partial charge in [0.05, 0.1) is 12.5 Å². The van der Waals surface area contributed by atoms with Gasteiger partial charge in [0.2, 0.25) is 0 Å². The minimum atomic E-state index is -0.232. The maximum absolute atomic E-state index is 11.7. The van der Waals surface area contributed by atoms with Crippen LogP contribution < -0.4 is 5.32 Å². The largest absolute Gasteiger partial charge is 0.466 e. The first-order valence-electron chi connectivity index (χ1n) is 8.35. The highest BCUT2D eigenvalue weighted by molar-refractivity contribution is 6.30. The van der Waals surface area contributed by atoms with Crippen LogP contribution in [0, 0.1) is 0 Å². The fourth-order valence-corrected chi connectivity index (χ4v) is 2.60. The van der Waals surface area contributed by atoms with Crippen molar-refractivity contribution in [3.05, 3.63) is 64.7 Å². The van der Waals surface area contributed by atoms with Gasteiger partial charge in [0, 0.05) is 17.3 Å². The van der Waals surface area contributed by atoms with E-state index in [1.54, 1.807) is 0 Å². The standard InChI is InChI=1S/C20H24ClNO2/c1-3-24-20(23)15(2)17-8-12-19(13-9-17)22-14-4-5-16-6-10-18(21)11-7-16/h6-13,15,22H,3-5,14H2,1-2H3/t15-/m1/s1. The summed E-state index contributed by atoms with van der Waals surface area (Å²) in [5.41, 5.74) is 3.32. The van der Waals surface area contributed by atoms with Crippen LogP contribution in [0.15, 0.2) is 48.5 Å². The molecule has 128 valence electrons. The smallest absolute Gasteiger partial charge is 0.313 e. The van der Waals surface area contributed by atoms with Gasteiger partial charge in [-0.3, -0.25) is 4.79 Å². The van der Waals surface area contributed by atoms with Gasteiger partial charge >= 0.3 is 5.97 Å². The monoisotopic (exact) mass is 345 g/mol. The molecule has 1 N–H and O–H groups in total. The zero-order valence-corrected chi connectivity index (χ0v) is 15.0. The van der Waals surface area contributed by atoms with Crippen molar-refractivity contribution in [3.8, 4) is 0 Å². The third-order valence-electron chi connectivity index (χ3n) is 3.94. The maximum atomic E-state index is 11.7. The molecule has 0 bridgehead atoms. The van der Waals surface area contributed by atoms with Crippen molar-refractivity contribution in [1.82, 2.24) is 0 Å². The Labute approximate surface area is 149 Å². The number of hydrogen-bond acceptors (Lipinski definition) is 3. The van der Waals surface area contributed by atoms with Gasteiger partial charge in [-0.1, -0.05) is 35.9 Å². The Morgan fingerprint density at radius 3 is 2.42 bits per heavy atom. The van der Waals surface area contributed by atoms with E-state index in [-0.39, 0.29) is 11.9 Å². The predicted octanol–water partition coefficient (Wildman–Crippen LogP) is 5.05. The molecule has 1 atom stereocenters. The summed E-state index contributed by atoms with van der Waals surface area (Å²) in [4.78, 5) is 11.7. The zero-order valence-electron chi connectivity index (χ0n) is 14.2. The van der Waals surface area contributed by atoms with E-state index in [1.165, 1.54) is 5.56 Å². The van der Waals surface area contributed by atoms with E-state index in [1.807, 2.05) is 50.2 Å². The summed E-state index contributed by atoms with van der Waals surface area (Å²) in [6.07, 6.45) is 2.06. The number of benzene rings is 2. The van der Waals surface area contributed by atoms with E-state index >= 15 is 0 Å². The lowest BCUT2D eigenvalue weighted by Gasteiger charge is -2.12. The van der Waals surface area contributed by atoms with Gasteiger partial charge in [0.15, 0.2) is 0 Å². The van der Waals surface area contributed by atoms with Crippen LogP contribution in [0.2, 0.25) is 5.02 Å². The summed E-state index contributed by atoms with van der Waals surface area (Å²) >= 11 is 5.88. The Hall–Kier alpha value is -2.00. The second kappa shape index (κ2) is 9.33. The number of nitrogens with one attached hydrogen (secondary N) is 1. The van der Waals surface area contributed by atoms with Crippen LogP contribution in [0.3, 0.4) is 0 Å². The molecule has 0 aliphatic heterocycles. The molecular weight excluding hydrogens is 322 g/mol. The highest BCUT2D eigenvalue weighted by Crippen LogP contribution is 2.19. The van der Waals surface area contributed by atoms with Crippen LogP contribution >= 0.6 is 11.6 Å². The van der Waals surface area contributed by atoms with Crippen LogP contribution in [0.1, 0.15) is 37.3 Å². The molecule has 2 rings (SSSR count). The number of aryl methyl sites for hydroxylation is 1. The summed E-state index contributed by atoms with van der Waals surface area (Å²) in [5, 5.41) is 4.18. The van der Waals surface area contributed by atoms with Crippen molar-refractivity contribution in [1.29, 1.82) is 0 Å². The lowest BCUT2D eigenvalue weighted by atomic mass is 10.0. The fraction of sp³-hybridized carbons (Fsp3) is 0.350. The van der Waals surface area contributed by atoms with E-state index in [4.69, 9.17) is 16.3 Å². The van der Waals surface area contributed by atoms with Gasteiger partial charge in [-0.15, -0.1) is 0 Å². The molecule has 0 saturated carbocycles. The van der Waals surface area contributed by atoms with Crippen molar-refractivity contribution in [3.63, 3.8) is 0 Å². The number of ether oxygens (including phenoxy) is 1. The van der Waals surface area contributed by atoms with E-state index in [0.29, 0.717) is 6.61 Å². The number of carbonyl (C=O) groups excluding carboxylic acids is 1. The summed E-state index contributed by atoms with van der Waals surface area (Å²) < 4.78 is 5.05. The molecule has 0 fully saturated rings. The van der Waals surface area contributed by atoms with Crippen LogP contribution in [0.5, 0.6) is 0 Å². The van der Waals surface area contributed by atoms with E-state index < -0.39 is 0 Å². The van der Waals surface area contributed by atoms with Crippen LogP contribution in [-0.4, -0.2) is 19.1 Å². The third kappa shape index (κ3) is 5.57. The first kappa shape index (κ1) is 18.3. The number of anilines is 1. The second-order valence-electron chi connectivity index (χ2n) is 5.75. The number of hydrogen-bond donors (Lipinski definition) is 1. The van der Waals surface area contributed by atoms with Gasteiger partial charge in [0.1, 0.15) is 0 Å². The molecule has 0 radical (unpaired) electrons. The van der Waals surface area contributed by atoms with Gasteiger partial charge < -0.3 is 10.1 Å². The lowest BCUT2D eigenvalue weighted by Crippen LogP contribution is -2.13. The molecule has 0 unspecified atom stereocenters. The number of rotatable bonds is 8. The van der Waals surface area contributed by atoms with Gasteiger partial charge in [-0.25, -0.2) is 0 Å². The van der Waals surface area contributed by atoms with Crippen LogP contribution in [0.4, 0.5) is 5.69 Å². The normalized spacial score (nSPS) is 11.8. The lowest BCUT2D eigenvalue weighted by molar-refractivity contribution is -0.144. The minimum absolute atomic E-state index is 0.179. The highest BCUT2D eigenvalue weighted by atomic mass is 35.5. The Balaban J connectivity index is 1.77. The van der Waals surface area contributed by atoms with E-state index in [2.05, 4.69) is 17.4 Å². The molecule has 3 nitrogen and oxygen atoms in total. The molecule has 0 heterocycles. The van der Waals surface area contributed by atoms with Crippen molar-refractivity contribution in [2.24, 2.45) is 0 Å². The third-order valence-corrected chi connectivity index (χ3v) is 4.19. The number of halogens is 1. The molecule has 24 heavy (non-hydrogen) atoms. The minimum Gasteiger partial charge on any atom is -0.466 e. The Morgan fingerprint density at radius 1 is 1.12 bits per heavy atom. The van der Waals surface area contributed by atoms with Gasteiger partial charge in [0.25, 0.3) is 0 Å². The van der Waals surface area contributed by atoms with Gasteiger partial charge in [-0.2, -0.15) is 0 Å². The van der Waals surface area contributed by atoms with Crippen LogP contribution in [-0.2, 0) is 16.0 Å². The first-order valence-corrected chi connectivity index (χ1v) is 8.73. The molecular formula is C20H24ClNO2. The number of carbonyl (C=O) groups is 1. The molecule has 0 spiro atoms. The Bertz CT molecular complexity index is 638. The molecule has 0 amide bonds. The molecule has 0 aliphatic rings. The number of esters is 1. The summed E-state index contributed by atoms with van der Waals surface area (Å²) in [6, 6.07) is 15.9. The van der Waals surface area contributed by atoms with Crippen LogP contribution in [0.25, 0.3) is 0 Å². The molecule has 0 saturated heterocycles. The average Bonchev–Trinajstić information content (AvgIpc) is 2.60. The molecule has 0 aliphatic carbocycles. The summed E-state index contributed by atoms with van der Waals surface area (Å²) in [5.74, 6) is -0.412. The zero-order chi connectivity index (χ0) is 17.4. The molecule has 2 aromatic carbocycles. The Kier molecular flexibility index (Phi) is 7.13. The van der Waals surface area contributed by atoms with Crippen molar-refractivity contribution < 1.29 is 9.53 Å². The predicted molar refractivity (Wildman–Crippen MR) is 99.8 cm³/mol. The SMILES string of the molecule is CCOC(=O)[C@H](C)c1ccc(NCCCc2ccc(Cl)cc2)cc1. The average molecular weight is 346 g/mol. The first-order chi connectivity index (χ1) is 11.6. The fourth-order valence-electron chi connectivity index (χ4n) is 2.47. The highest BCUT2D eigenvalue weighted by Gasteiger charge is 2.15. The summed E-state index contributed by atoms with van der Waals surface area (Å²) in [7, 11) is 0. The van der Waals surface area contributed by atoms with Gasteiger partial charge in [-0.05, 0) is 62.1 Å². The van der Waals surface area contributed by atoms with Crippen molar-refractivity contribution in [2.45, 2.75) is 32.6 Å². The maximum Gasteiger partial charge on any atom is 0.313 e.